The standard InChI is InChI=1S/C47H56N4O2/c1-8-53-42(52)13-11-9-10-12-30-51-46-45(49-43(37-22-14-33(4)15-23-37)44(50-46)38-24-16-34(5)17-25-38)41(31-48-32(2)3)47(51,39-26-18-35(6)19-27-39)40-28-20-36(7)21-29-40/h14-29,32,41,48H,8-13,30-31H2,1-7H3. The van der Waals surface area contributed by atoms with Crippen molar-refractivity contribution in [3.63, 3.8) is 0 Å². The maximum atomic E-state index is 12.1. The summed E-state index contributed by atoms with van der Waals surface area (Å²) in [5, 5.41) is 3.85. The van der Waals surface area contributed by atoms with Crippen LogP contribution in [0, 0.1) is 27.7 Å². The molecule has 0 amide bonds. The lowest BCUT2D eigenvalue weighted by Crippen LogP contribution is -2.50. The molecule has 0 spiro atoms. The molecule has 0 saturated carbocycles. The molecule has 1 unspecified atom stereocenters. The van der Waals surface area contributed by atoms with Crippen LogP contribution in [0.2, 0.25) is 0 Å². The number of nitrogens with one attached hydrogen (secondary N) is 1. The summed E-state index contributed by atoms with van der Waals surface area (Å²) in [7, 11) is 0. The van der Waals surface area contributed by atoms with E-state index in [0.29, 0.717) is 13.0 Å². The molecule has 4 aromatic carbocycles. The highest BCUT2D eigenvalue weighted by atomic mass is 16.5. The van der Waals surface area contributed by atoms with E-state index in [-0.39, 0.29) is 17.9 Å². The van der Waals surface area contributed by atoms with Crippen molar-refractivity contribution >= 4 is 11.8 Å². The van der Waals surface area contributed by atoms with Crippen molar-refractivity contribution in [1.29, 1.82) is 0 Å². The van der Waals surface area contributed by atoms with Gasteiger partial charge in [0.2, 0.25) is 0 Å². The number of ether oxygens (including phenoxy) is 1. The zero-order valence-corrected chi connectivity index (χ0v) is 32.7. The van der Waals surface area contributed by atoms with Crippen molar-refractivity contribution in [2.75, 3.05) is 24.6 Å². The van der Waals surface area contributed by atoms with Crippen molar-refractivity contribution in [2.45, 2.75) is 98.1 Å². The molecule has 6 heteroatoms. The predicted molar refractivity (Wildman–Crippen MR) is 218 cm³/mol. The van der Waals surface area contributed by atoms with Crippen LogP contribution in [0.25, 0.3) is 22.5 Å². The number of carbonyl (C=O) groups is 1. The van der Waals surface area contributed by atoms with Crippen LogP contribution in [-0.4, -0.2) is 41.7 Å². The zero-order chi connectivity index (χ0) is 37.5. The van der Waals surface area contributed by atoms with E-state index in [1.54, 1.807) is 0 Å². The van der Waals surface area contributed by atoms with Gasteiger partial charge in [0.15, 0.2) is 5.82 Å². The monoisotopic (exact) mass is 708 g/mol. The first-order chi connectivity index (χ1) is 25.6. The normalized spacial score (nSPS) is 14.8. The topological polar surface area (TPSA) is 67.3 Å². The van der Waals surface area contributed by atoms with Gasteiger partial charge in [0.25, 0.3) is 0 Å². The van der Waals surface area contributed by atoms with Crippen molar-refractivity contribution in [1.82, 2.24) is 15.3 Å². The molecule has 1 aliphatic heterocycles. The molecule has 1 atom stereocenters. The molecule has 6 nitrogen and oxygen atoms in total. The molecule has 1 N–H and O–H groups in total. The highest BCUT2D eigenvalue weighted by Crippen LogP contribution is 2.56. The highest BCUT2D eigenvalue weighted by Gasteiger charge is 2.55. The lowest BCUT2D eigenvalue weighted by Gasteiger charge is -2.45. The molecule has 1 aromatic heterocycles. The Labute approximate surface area is 317 Å². The van der Waals surface area contributed by atoms with Crippen LogP contribution in [0.4, 0.5) is 5.82 Å². The van der Waals surface area contributed by atoms with Crippen molar-refractivity contribution in [3.05, 3.63) is 136 Å². The molecular weight excluding hydrogens is 653 g/mol. The number of nitrogens with zero attached hydrogens (tertiary/aromatic N) is 3. The Bertz CT molecular complexity index is 1920. The van der Waals surface area contributed by atoms with Crippen molar-refractivity contribution in [3.8, 4) is 22.5 Å². The van der Waals surface area contributed by atoms with Crippen molar-refractivity contribution < 1.29 is 9.53 Å². The summed E-state index contributed by atoms with van der Waals surface area (Å²) < 4.78 is 5.20. The first-order valence-electron chi connectivity index (χ1n) is 19.5. The van der Waals surface area contributed by atoms with Gasteiger partial charge in [0.05, 0.1) is 23.7 Å². The minimum atomic E-state index is -0.576. The maximum Gasteiger partial charge on any atom is 0.305 e. The summed E-state index contributed by atoms with van der Waals surface area (Å²) in [6.07, 6.45) is 4.21. The zero-order valence-electron chi connectivity index (χ0n) is 32.7. The second-order valence-electron chi connectivity index (χ2n) is 15.1. The number of hydrogen-bond acceptors (Lipinski definition) is 6. The Morgan fingerprint density at radius 3 is 1.66 bits per heavy atom. The number of carbonyl (C=O) groups excluding carboxylic acids is 1. The molecule has 2 heterocycles. The SMILES string of the molecule is CCOC(=O)CCCCCCN1c2nc(-c3ccc(C)cc3)c(-c3ccc(C)cc3)nc2C(CNC(C)C)C1(c1ccc(C)cc1)c1ccc(C)cc1. The number of anilines is 1. The average Bonchev–Trinajstić information content (AvgIpc) is 3.41. The minimum absolute atomic E-state index is 0.0436. The molecule has 0 aliphatic carbocycles. The Morgan fingerprint density at radius 1 is 0.698 bits per heavy atom. The van der Waals surface area contributed by atoms with Crippen LogP contribution >= 0.6 is 0 Å². The van der Waals surface area contributed by atoms with E-state index >= 15 is 0 Å². The second-order valence-corrected chi connectivity index (χ2v) is 15.1. The largest absolute Gasteiger partial charge is 0.466 e. The summed E-state index contributed by atoms with van der Waals surface area (Å²) in [6, 6.07) is 35.9. The van der Waals surface area contributed by atoms with E-state index < -0.39 is 5.54 Å². The smallest absolute Gasteiger partial charge is 0.305 e. The van der Waals surface area contributed by atoms with E-state index in [1.165, 1.54) is 33.4 Å². The molecule has 1 aliphatic rings. The van der Waals surface area contributed by atoms with Gasteiger partial charge in [-0.2, -0.15) is 0 Å². The van der Waals surface area contributed by atoms with Gasteiger partial charge in [0, 0.05) is 42.6 Å². The Hall–Kier alpha value is -4.81. The highest BCUT2D eigenvalue weighted by molar-refractivity contribution is 5.81. The van der Waals surface area contributed by atoms with E-state index in [1.807, 2.05) is 6.92 Å². The quantitative estimate of drug-likeness (QED) is 0.0863. The van der Waals surface area contributed by atoms with Gasteiger partial charge in [-0.3, -0.25) is 4.79 Å². The van der Waals surface area contributed by atoms with Gasteiger partial charge in [-0.05, 0) is 58.6 Å². The molecular formula is C47H56N4O2. The Morgan fingerprint density at radius 2 is 1.17 bits per heavy atom. The van der Waals surface area contributed by atoms with Crippen LogP contribution in [0.3, 0.4) is 0 Å². The van der Waals surface area contributed by atoms with E-state index in [4.69, 9.17) is 14.7 Å². The Kier molecular flexibility index (Phi) is 12.1. The van der Waals surface area contributed by atoms with Gasteiger partial charge >= 0.3 is 5.97 Å². The summed E-state index contributed by atoms with van der Waals surface area (Å²) in [6.45, 7) is 16.8. The molecule has 53 heavy (non-hydrogen) atoms. The maximum absolute atomic E-state index is 12.1. The van der Waals surface area contributed by atoms with Crippen LogP contribution in [0.5, 0.6) is 0 Å². The summed E-state index contributed by atoms with van der Waals surface area (Å²) in [4.78, 5) is 26.1. The number of benzene rings is 4. The minimum Gasteiger partial charge on any atom is -0.466 e. The lowest BCUT2D eigenvalue weighted by molar-refractivity contribution is -0.143. The van der Waals surface area contributed by atoms with Gasteiger partial charge in [-0.15, -0.1) is 0 Å². The van der Waals surface area contributed by atoms with Gasteiger partial charge < -0.3 is 15.0 Å². The Balaban J connectivity index is 1.58. The van der Waals surface area contributed by atoms with Gasteiger partial charge in [-0.25, -0.2) is 9.97 Å². The molecule has 5 aromatic rings. The summed E-state index contributed by atoms with van der Waals surface area (Å²) in [5.41, 5.74) is 11.7. The molecule has 0 radical (unpaired) electrons. The fourth-order valence-electron chi connectivity index (χ4n) is 7.75. The number of esters is 1. The van der Waals surface area contributed by atoms with E-state index in [0.717, 1.165) is 72.8 Å². The van der Waals surface area contributed by atoms with Crippen LogP contribution in [-0.2, 0) is 15.1 Å². The average molecular weight is 709 g/mol. The number of aryl methyl sites for hydroxylation is 4. The van der Waals surface area contributed by atoms with E-state index in [9.17, 15) is 4.79 Å². The fraction of sp³-hybridized carbons (Fsp3) is 0.383. The molecule has 276 valence electrons. The third-order valence-electron chi connectivity index (χ3n) is 10.6. The lowest BCUT2D eigenvalue weighted by atomic mass is 9.72. The van der Waals surface area contributed by atoms with E-state index in [2.05, 4.69) is 149 Å². The van der Waals surface area contributed by atoms with Gasteiger partial charge in [0.1, 0.15) is 5.54 Å². The van der Waals surface area contributed by atoms with Crippen LogP contribution < -0.4 is 10.2 Å². The van der Waals surface area contributed by atoms with Crippen LogP contribution in [0.1, 0.15) is 97.9 Å². The second kappa shape index (κ2) is 16.9. The number of aromatic nitrogens is 2. The fourth-order valence-corrected chi connectivity index (χ4v) is 7.75. The van der Waals surface area contributed by atoms with Crippen molar-refractivity contribution in [2.24, 2.45) is 0 Å². The third-order valence-corrected chi connectivity index (χ3v) is 10.6. The molecule has 0 bridgehead atoms. The predicted octanol–water partition coefficient (Wildman–Crippen LogP) is 10.4. The molecule has 6 rings (SSSR count). The van der Waals surface area contributed by atoms with Gasteiger partial charge in [-0.1, -0.05) is 146 Å². The first kappa shape index (κ1) is 37.9. The summed E-state index contributed by atoms with van der Waals surface area (Å²) in [5.74, 6) is 0.792. The first-order valence-corrected chi connectivity index (χ1v) is 19.5. The number of rotatable bonds is 15. The number of unbranched alkanes of at least 4 members (excludes halogenated alkanes) is 3. The van der Waals surface area contributed by atoms with Crippen LogP contribution in [0.15, 0.2) is 97.1 Å². The number of fused-ring (bicyclic) bond motifs is 1. The third kappa shape index (κ3) is 8.23. The summed E-state index contributed by atoms with van der Waals surface area (Å²) >= 11 is 0. The molecule has 0 saturated heterocycles. The molecule has 0 fully saturated rings. The number of hydrogen-bond donors (Lipinski definition) is 1.